The van der Waals surface area contributed by atoms with Crippen molar-refractivity contribution in [2.75, 3.05) is 30.3 Å². The summed E-state index contributed by atoms with van der Waals surface area (Å²) >= 11 is 0. The van der Waals surface area contributed by atoms with Gasteiger partial charge >= 0.3 is 12.0 Å². The third-order valence-corrected chi connectivity index (χ3v) is 6.91. The molecule has 8 nitrogen and oxygen atoms in total. The first kappa shape index (κ1) is 22.7. The number of nitrogens with one attached hydrogen (secondary N) is 2. The Balaban J connectivity index is 1.15. The zero-order valence-corrected chi connectivity index (χ0v) is 19.5. The van der Waals surface area contributed by atoms with Gasteiger partial charge in [-0.15, -0.1) is 0 Å². The predicted octanol–water partition coefficient (Wildman–Crippen LogP) is 4.76. The predicted molar refractivity (Wildman–Crippen MR) is 128 cm³/mol. The van der Waals surface area contributed by atoms with Crippen molar-refractivity contribution in [1.29, 1.82) is 0 Å². The van der Waals surface area contributed by atoms with Crippen molar-refractivity contribution in [2.24, 2.45) is 0 Å². The van der Waals surface area contributed by atoms with Gasteiger partial charge in [-0.2, -0.15) is 0 Å². The lowest BCUT2D eigenvalue weighted by Crippen LogP contribution is -2.54. The Morgan fingerprint density at radius 3 is 2.44 bits per heavy atom. The molecule has 2 amide bonds. The highest BCUT2D eigenvalue weighted by Crippen LogP contribution is 2.40. The van der Waals surface area contributed by atoms with Gasteiger partial charge in [0.25, 0.3) is 0 Å². The highest BCUT2D eigenvalue weighted by molar-refractivity contribution is 6.00. The highest BCUT2D eigenvalue weighted by atomic mass is 16.7. The molecule has 3 aliphatic rings. The van der Waals surface area contributed by atoms with Crippen LogP contribution < -0.4 is 15.4 Å². The van der Waals surface area contributed by atoms with Crippen LogP contribution >= 0.6 is 0 Å². The number of carbonyl (C=O) groups is 2. The van der Waals surface area contributed by atoms with Crippen LogP contribution in [0.5, 0.6) is 5.75 Å². The normalized spacial score (nSPS) is 19.4. The van der Waals surface area contributed by atoms with Crippen molar-refractivity contribution >= 4 is 23.4 Å². The minimum absolute atomic E-state index is 0.318. The minimum Gasteiger partial charge on any atom is -0.462 e. The fourth-order valence-corrected chi connectivity index (χ4v) is 4.73. The highest BCUT2D eigenvalue weighted by Gasteiger charge is 2.42. The quantitative estimate of drug-likeness (QED) is 0.619. The zero-order chi connectivity index (χ0) is 23.5. The van der Waals surface area contributed by atoms with Gasteiger partial charge in [-0.25, -0.2) is 9.59 Å². The van der Waals surface area contributed by atoms with Crippen molar-refractivity contribution in [3.63, 3.8) is 0 Å². The number of carbonyl (C=O) groups excluding carboxylic acids is 2. The average molecular weight is 466 g/mol. The van der Waals surface area contributed by atoms with E-state index in [0.29, 0.717) is 30.2 Å². The Morgan fingerprint density at radius 2 is 1.76 bits per heavy atom. The topological polar surface area (TPSA) is 89.1 Å². The summed E-state index contributed by atoms with van der Waals surface area (Å²) in [7, 11) is 0. The van der Waals surface area contributed by atoms with Crippen LogP contribution in [0.1, 0.15) is 54.9 Å². The number of fused-ring (bicyclic) bond motifs is 1. The summed E-state index contributed by atoms with van der Waals surface area (Å²) in [5, 5.41) is 5.61. The van der Waals surface area contributed by atoms with Gasteiger partial charge in [0.15, 0.2) is 0 Å². The van der Waals surface area contributed by atoms with Gasteiger partial charge in [-0.1, -0.05) is 6.42 Å². The molecule has 2 heterocycles. The van der Waals surface area contributed by atoms with E-state index in [-0.39, 0.29) is 12.0 Å². The van der Waals surface area contributed by atoms with Crippen LogP contribution in [0.4, 0.5) is 16.2 Å². The molecule has 2 N–H and O–H groups in total. The molecule has 5 rings (SSSR count). The van der Waals surface area contributed by atoms with Crippen molar-refractivity contribution in [2.45, 2.75) is 57.5 Å². The number of esters is 1. The van der Waals surface area contributed by atoms with Crippen molar-refractivity contribution in [1.82, 2.24) is 4.90 Å². The first-order chi connectivity index (χ1) is 16.5. The van der Waals surface area contributed by atoms with E-state index in [2.05, 4.69) is 15.5 Å². The summed E-state index contributed by atoms with van der Waals surface area (Å²) < 4.78 is 17.5. The summed E-state index contributed by atoms with van der Waals surface area (Å²) in [6.45, 7) is 4.57. The molecule has 2 aliphatic heterocycles. The first-order valence-electron chi connectivity index (χ1n) is 12.1. The Bertz CT molecular complexity index is 1040. The molecule has 2 aromatic rings. The van der Waals surface area contributed by atoms with E-state index in [1.807, 2.05) is 18.2 Å². The third-order valence-electron chi connectivity index (χ3n) is 6.91. The molecule has 2 aromatic carbocycles. The van der Waals surface area contributed by atoms with Crippen molar-refractivity contribution in [3.05, 3.63) is 53.6 Å². The van der Waals surface area contributed by atoms with Crippen LogP contribution in [-0.4, -0.2) is 48.4 Å². The lowest BCUT2D eigenvalue weighted by Gasteiger charge is -2.47. The summed E-state index contributed by atoms with van der Waals surface area (Å²) in [5.41, 5.74) is 2.59. The van der Waals surface area contributed by atoms with E-state index >= 15 is 0 Å². The number of ether oxygens (including phenoxy) is 3. The van der Waals surface area contributed by atoms with E-state index in [1.54, 1.807) is 31.2 Å². The van der Waals surface area contributed by atoms with Gasteiger partial charge in [-0.05, 0) is 62.2 Å². The van der Waals surface area contributed by atoms with Crippen LogP contribution in [0.2, 0.25) is 0 Å². The van der Waals surface area contributed by atoms with Gasteiger partial charge in [0, 0.05) is 48.9 Å². The number of urea groups is 1. The average Bonchev–Trinajstić information content (AvgIpc) is 2.80. The maximum absolute atomic E-state index is 12.4. The smallest absolute Gasteiger partial charge is 0.338 e. The molecule has 2 fully saturated rings. The van der Waals surface area contributed by atoms with E-state index in [1.165, 1.54) is 19.3 Å². The number of anilines is 2. The summed E-state index contributed by atoms with van der Waals surface area (Å²) in [6, 6.07) is 12.6. The van der Waals surface area contributed by atoms with E-state index in [0.717, 1.165) is 43.3 Å². The molecule has 8 heteroatoms. The number of nitrogens with zero attached hydrogens (tertiary/aromatic N) is 1. The Hall–Kier alpha value is -3.10. The first-order valence-corrected chi connectivity index (χ1v) is 12.1. The van der Waals surface area contributed by atoms with Gasteiger partial charge < -0.3 is 24.8 Å². The number of hydrogen-bond donors (Lipinski definition) is 2. The number of hydrogen-bond acceptors (Lipinski definition) is 6. The molecule has 180 valence electrons. The minimum atomic E-state index is -0.532. The van der Waals surface area contributed by atoms with Crippen LogP contribution in [0.25, 0.3) is 0 Å². The standard InChI is InChI=1S/C26H31N3O5/c1-2-32-24(30)18-6-8-20(9-7-18)27-25(31)28-21-10-11-23-19(16-21)17-33-26(34-23)12-14-29(15-13-26)22-4-3-5-22/h6-11,16,22H,2-5,12-15,17H2,1H3,(H2,27,28,31). The fourth-order valence-electron chi connectivity index (χ4n) is 4.73. The maximum Gasteiger partial charge on any atom is 0.338 e. The fraction of sp³-hybridized carbons (Fsp3) is 0.462. The number of piperidine rings is 1. The molecule has 0 aromatic heterocycles. The lowest BCUT2D eigenvalue weighted by atomic mass is 9.89. The molecule has 0 radical (unpaired) electrons. The molecule has 0 atom stereocenters. The summed E-state index contributed by atoms with van der Waals surface area (Å²) in [6.07, 6.45) is 5.74. The maximum atomic E-state index is 12.4. The number of rotatable bonds is 5. The Morgan fingerprint density at radius 1 is 1.06 bits per heavy atom. The van der Waals surface area contributed by atoms with E-state index < -0.39 is 5.79 Å². The van der Waals surface area contributed by atoms with Gasteiger partial charge in [-0.3, -0.25) is 4.90 Å². The molecule has 1 aliphatic carbocycles. The molecule has 0 bridgehead atoms. The molecule has 1 saturated heterocycles. The molecule has 34 heavy (non-hydrogen) atoms. The Kier molecular flexibility index (Phi) is 6.43. The number of likely N-dealkylation sites (tertiary alicyclic amines) is 1. The monoisotopic (exact) mass is 465 g/mol. The summed E-state index contributed by atoms with van der Waals surface area (Å²) in [4.78, 5) is 26.8. The van der Waals surface area contributed by atoms with Crippen LogP contribution in [0.15, 0.2) is 42.5 Å². The second-order valence-corrected chi connectivity index (χ2v) is 9.12. The van der Waals surface area contributed by atoms with Gasteiger partial charge in [0.05, 0.1) is 18.8 Å². The van der Waals surface area contributed by atoms with Crippen LogP contribution in [-0.2, 0) is 16.1 Å². The zero-order valence-electron chi connectivity index (χ0n) is 19.5. The van der Waals surface area contributed by atoms with E-state index in [9.17, 15) is 9.59 Å². The molecular weight excluding hydrogens is 434 g/mol. The largest absolute Gasteiger partial charge is 0.462 e. The van der Waals surface area contributed by atoms with Crippen LogP contribution in [0, 0.1) is 0 Å². The summed E-state index contributed by atoms with van der Waals surface area (Å²) in [5.74, 6) is -0.0958. The lowest BCUT2D eigenvalue weighted by molar-refractivity contribution is -0.231. The van der Waals surface area contributed by atoms with Crippen molar-refractivity contribution in [3.8, 4) is 5.75 Å². The number of amides is 2. The molecule has 1 spiro atoms. The van der Waals surface area contributed by atoms with Gasteiger partial charge in [0.2, 0.25) is 5.79 Å². The van der Waals surface area contributed by atoms with Gasteiger partial charge in [0.1, 0.15) is 5.75 Å². The number of benzene rings is 2. The van der Waals surface area contributed by atoms with Crippen LogP contribution in [0.3, 0.4) is 0 Å². The molecule has 1 saturated carbocycles. The molecular formula is C26H31N3O5. The van der Waals surface area contributed by atoms with E-state index in [4.69, 9.17) is 14.2 Å². The third kappa shape index (κ3) is 4.88. The van der Waals surface area contributed by atoms with Crippen molar-refractivity contribution < 1.29 is 23.8 Å². The SMILES string of the molecule is CCOC(=O)c1ccc(NC(=O)Nc2ccc3c(c2)COC2(CCN(C4CCC4)CC2)O3)cc1. The second kappa shape index (κ2) is 9.64. The molecule has 0 unspecified atom stereocenters. The second-order valence-electron chi connectivity index (χ2n) is 9.12. The Labute approximate surface area is 199 Å².